The summed E-state index contributed by atoms with van der Waals surface area (Å²) in [6.45, 7) is 4.09. The lowest BCUT2D eigenvalue weighted by atomic mass is 10.1. The summed E-state index contributed by atoms with van der Waals surface area (Å²) in [5, 5.41) is 4.32. The predicted octanol–water partition coefficient (Wildman–Crippen LogP) is 1.62. The van der Waals surface area contributed by atoms with Crippen LogP contribution in [0.15, 0.2) is 29.0 Å². The molecule has 0 saturated heterocycles. The molecule has 18 heavy (non-hydrogen) atoms. The average Bonchev–Trinajstić information content (AvgIpc) is 2.99. The second-order valence-electron chi connectivity index (χ2n) is 4.25. The fourth-order valence-corrected chi connectivity index (χ4v) is 1.95. The number of furan rings is 1. The molecular weight excluding hydrogens is 232 g/mol. The highest BCUT2D eigenvalue weighted by atomic mass is 16.5. The molecule has 0 aliphatic heterocycles. The Morgan fingerprint density at radius 2 is 2.28 bits per heavy atom. The SMILES string of the molecule is COc1cnn(C(C)C)c1C(NN)c1ccco1. The topological polar surface area (TPSA) is 78.2 Å². The van der Waals surface area contributed by atoms with Crippen LogP contribution < -0.4 is 16.0 Å². The van der Waals surface area contributed by atoms with Gasteiger partial charge in [-0.2, -0.15) is 5.10 Å². The van der Waals surface area contributed by atoms with Gasteiger partial charge in [-0.25, -0.2) is 5.43 Å². The van der Waals surface area contributed by atoms with Gasteiger partial charge >= 0.3 is 0 Å². The quantitative estimate of drug-likeness (QED) is 0.622. The molecule has 6 heteroatoms. The third kappa shape index (κ3) is 2.12. The fraction of sp³-hybridized carbons (Fsp3) is 0.417. The van der Waals surface area contributed by atoms with Crippen molar-refractivity contribution in [1.82, 2.24) is 15.2 Å². The van der Waals surface area contributed by atoms with Crippen LogP contribution in [-0.4, -0.2) is 16.9 Å². The Morgan fingerprint density at radius 1 is 1.50 bits per heavy atom. The Kier molecular flexibility index (Phi) is 3.69. The number of methoxy groups -OCH3 is 1. The summed E-state index contributed by atoms with van der Waals surface area (Å²) in [5.74, 6) is 7.05. The van der Waals surface area contributed by atoms with Crippen LogP contribution in [0.2, 0.25) is 0 Å². The Labute approximate surface area is 106 Å². The van der Waals surface area contributed by atoms with E-state index >= 15 is 0 Å². The summed E-state index contributed by atoms with van der Waals surface area (Å²) >= 11 is 0. The number of ether oxygens (including phenoxy) is 1. The molecule has 98 valence electrons. The molecule has 0 aliphatic carbocycles. The zero-order valence-electron chi connectivity index (χ0n) is 10.8. The van der Waals surface area contributed by atoms with Gasteiger partial charge in [-0.05, 0) is 26.0 Å². The van der Waals surface area contributed by atoms with E-state index in [9.17, 15) is 0 Å². The number of rotatable bonds is 5. The molecule has 0 bridgehead atoms. The number of hydrogen-bond donors (Lipinski definition) is 2. The monoisotopic (exact) mass is 250 g/mol. The molecule has 2 rings (SSSR count). The Morgan fingerprint density at radius 3 is 2.78 bits per heavy atom. The molecule has 1 unspecified atom stereocenters. The Hall–Kier alpha value is -1.79. The van der Waals surface area contributed by atoms with Crippen molar-refractivity contribution in [3.63, 3.8) is 0 Å². The predicted molar refractivity (Wildman–Crippen MR) is 67.0 cm³/mol. The summed E-state index contributed by atoms with van der Waals surface area (Å²) in [4.78, 5) is 0. The number of hydrazine groups is 1. The largest absolute Gasteiger partial charge is 0.493 e. The van der Waals surface area contributed by atoms with Crippen LogP contribution in [0.5, 0.6) is 5.75 Å². The summed E-state index contributed by atoms with van der Waals surface area (Å²) < 4.78 is 12.6. The van der Waals surface area contributed by atoms with Crippen LogP contribution in [-0.2, 0) is 0 Å². The molecule has 0 amide bonds. The van der Waals surface area contributed by atoms with E-state index in [-0.39, 0.29) is 12.1 Å². The highest BCUT2D eigenvalue weighted by molar-refractivity contribution is 5.33. The van der Waals surface area contributed by atoms with Crippen LogP contribution in [0.3, 0.4) is 0 Å². The first kappa shape index (κ1) is 12.7. The van der Waals surface area contributed by atoms with Gasteiger partial charge in [0, 0.05) is 6.04 Å². The van der Waals surface area contributed by atoms with Crippen molar-refractivity contribution in [2.24, 2.45) is 5.84 Å². The summed E-state index contributed by atoms with van der Waals surface area (Å²) in [5.41, 5.74) is 3.59. The second kappa shape index (κ2) is 5.24. The van der Waals surface area contributed by atoms with Crippen LogP contribution in [0.1, 0.15) is 37.4 Å². The van der Waals surface area contributed by atoms with E-state index in [4.69, 9.17) is 15.0 Å². The van der Waals surface area contributed by atoms with Gasteiger partial charge in [0.1, 0.15) is 17.5 Å². The number of nitrogens with one attached hydrogen (secondary N) is 1. The van der Waals surface area contributed by atoms with Crippen molar-refractivity contribution in [3.05, 3.63) is 36.0 Å². The van der Waals surface area contributed by atoms with Gasteiger partial charge in [0.2, 0.25) is 0 Å². The third-order valence-corrected chi connectivity index (χ3v) is 2.78. The molecule has 2 heterocycles. The molecule has 2 aromatic rings. The van der Waals surface area contributed by atoms with Gasteiger partial charge in [-0.15, -0.1) is 0 Å². The molecule has 1 atom stereocenters. The number of aromatic nitrogens is 2. The van der Waals surface area contributed by atoms with E-state index < -0.39 is 0 Å². The minimum atomic E-state index is -0.292. The normalized spacial score (nSPS) is 12.9. The van der Waals surface area contributed by atoms with Crippen molar-refractivity contribution < 1.29 is 9.15 Å². The van der Waals surface area contributed by atoms with E-state index in [2.05, 4.69) is 10.5 Å². The molecule has 0 radical (unpaired) electrons. The minimum absolute atomic E-state index is 0.203. The van der Waals surface area contributed by atoms with Gasteiger partial charge in [0.05, 0.1) is 19.6 Å². The fourth-order valence-electron chi connectivity index (χ4n) is 1.95. The average molecular weight is 250 g/mol. The number of nitrogens with two attached hydrogens (primary N) is 1. The lowest BCUT2D eigenvalue weighted by molar-refractivity contribution is 0.377. The standard InChI is InChI=1S/C12H18N4O2/c1-8(2)16-12(10(17-3)7-14-16)11(15-13)9-5-4-6-18-9/h4-8,11,15H,13H2,1-3H3. The third-order valence-electron chi connectivity index (χ3n) is 2.78. The van der Waals surface area contributed by atoms with E-state index in [1.807, 2.05) is 30.7 Å². The van der Waals surface area contributed by atoms with Crippen molar-refractivity contribution in [2.45, 2.75) is 25.9 Å². The number of hydrogen-bond acceptors (Lipinski definition) is 5. The lowest BCUT2D eigenvalue weighted by Crippen LogP contribution is -2.31. The van der Waals surface area contributed by atoms with Crippen LogP contribution >= 0.6 is 0 Å². The van der Waals surface area contributed by atoms with Gasteiger partial charge < -0.3 is 9.15 Å². The van der Waals surface area contributed by atoms with Gasteiger partial charge in [0.25, 0.3) is 0 Å². The number of nitrogens with zero attached hydrogens (tertiary/aromatic N) is 2. The van der Waals surface area contributed by atoms with Crippen molar-refractivity contribution in [3.8, 4) is 5.75 Å². The van der Waals surface area contributed by atoms with E-state index in [1.54, 1.807) is 19.6 Å². The molecule has 0 spiro atoms. The Balaban J connectivity index is 2.50. The van der Waals surface area contributed by atoms with Crippen LogP contribution in [0.25, 0.3) is 0 Å². The van der Waals surface area contributed by atoms with Crippen LogP contribution in [0.4, 0.5) is 0 Å². The van der Waals surface area contributed by atoms with Gasteiger partial charge in [-0.1, -0.05) is 0 Å². The molecule has 6 nitrogen and oxygen atoms in total. The van der Waals surface area contributed by atoms with Gasteiger partial charge in [0.15, 0.2) is 5.75 Å². The molecule has 0 fully saturated rings. The van der Waals surface area contributed by atoms with Crippen molar-refractivity contribution in [2.75, 3.05) is 7.11 Å². The highest BCUT2D eigenvalue weighted by Gasteiger charge is 2.25. The maximum Gasteiger partial charge on any atom is 0.162 e. The summed E-state index contributed by atoms with van der Waals surface area (Å²) in [6.07, 6.45) is 3.30. The smallest absolute Gasteiger partial charge is 0.162 e. The molecule has 0 saturated carbocycles. The Bertz CT molecular complexity index is 490. The maximum atomic E-state index is 5.64. The van der Waals surface area contributed by atoms with E-state index in [0.717, 1.165) is 11.5 Å². The minimum Gasteiger partial charge on any atom is -0.493 e. The summed E-state index contributed by atoms with van der Waals surface area (Å²) in [7, 11) is 1.61. The summed E-state index contributed by atoms with van der Waals surface area (Å²) in [6, 6.07) is 3.60. The highest BCUT2D eigenvalue weighted by Crippen LogP contribution is 2.31. The van der Waals surface area contributed by atoms with E-state index in [0.29, 0.717) is 5.75 Å². The first-order valence-corrected chi connectivity index (χ1v) is 5.80. The van der Waals surface area contributed by atoms with E-state index in [1.165, 1.54) is 0 Å². The first-order valence-electron chi connectivity index (χ1n) is 5.80. The maximum absolute atomic E-state index is 5.64. The molecule has 0 aromatic carbocycles. The van der Waals surface area contributed by atoms with Gasteiger partial charge in [-0.3, -0.25) is 10.5 Å². The zero-order valence-corrected chi connectivity index (χ0v) is 10.8. The second-order valence-corrected chi connectivity index (χ2v) is 4.25. The molecular formula is C12H18N4O2. The molecule has 3 N–H and O–H groups in total. The van der Waals surface area contributed by atoms with Crippen LogP contribution in [0, 0.1) is 0 Å². The molecule has 0 aliphatic rings. The lowest BCUT2D eigenvalue weighted by Gasteiger charge is -2.19. The van der Waals surface area contributed by atoms with Crippen molar-refractivity contribution in [1.29, 1.82) is 0 Å². The van der Waals surface area contributed by atoms with Crippen molar-refractivity contribution >= 4 is 0 Å². The molecule has 2 aromatic heterocycles. The zero-order chi connectivity index (χ0) is 13.1. The first-order chi connectivity index (χ1) is 8.69.